The number of nitrogens with one attached hydrogen (secondary N) is 2. The molecule has 1 amide bonds. The number of aromatic nitrogens is 2. The van der Waals surface area contributed by atoms with Gasteiger partial charge < -0.3 is 15.0 Å². The Labute approximate surface area is 195 Å². The molecule has 1 unspecified atom stereocenters. The lowest BCUT2D eigenvalue weighted by Gasteiger charge is -2.38. The smallest absolute Gasteiger partial charge is 0.416 e. The van der Waals surface area contributed by atoms with E-state index >= 15 is 0 Å². The van der Waals surface area contributed by atoms with Gasteiger partial charge in [0.05, 0.1) is 17.8 Å². The maximum Gasteiger partial charge on any atom is 0.416 e. The monoisotopic (exact) mass is 473 g/mol. The summed E-state index contributed by atoms with van der Waals surface area (Å²) in [4.78, 5) is 23.1. The first-order valence-electron chi connectivity index (χ1n) is 11.5. The molecular weight excluding hydrogens is 447 g/mol. The van der Waals surface area contributed by atoms with Crippen LogP contribution in [0, 0.1) is 5.92 Å². The summed E-state index contributed by atoms with van der Waals surface area (Å²) in [5.74, 6) is 0.678. The topological polar surface area (TPSA) is 79.4 Å². The average Bonchev–Trinajstić information content (AvgIpc) is 2.76. The van der Waals surface area contributed by atoms with Crippen molar-refractivity contribution < 1.29 is 22.7 Å². The van der Waals surface area contributed by atoms with Gasteiger partial charge in [-0.1, -0.05) is 19.9 Å². The maximum absolute atomic E-state index is 14.0. The number of hydrogen-bond acceptors (Lipinski definition) is 6. The fourth-order valence-corrected chi connectivity index (χ4v) is 4.79. The lowest BCUT2D eigenvalue weighted by atomic mass is 9.76. The molecule has 1 atom stereocenters. The van der Waals surface area contributed by atoms with Crippen molar-refractivity contribution in [3.05, 3.63) is 47.3 Å². The van der Waals surface area contributed by atoms with Gasteiger partial charge in [0.2, 0.25) is 0 Å². The largest absolute Gasteiger partial charge is 0.441 e. The minimum atomic E-state index is -4.55. The Morgan fingerprint density at radius 2 is 2.09 bits per heavy atom. The summed E-state index contributed by atoms with van der Waals surface area (Å²) in [5, 5.41) is 5.75. The predicted octanol–water partition coefficient (Wildman–Crippen LogP) is 5.05. The fraction of sp³-hybridized carbons (Fsp3) is 0.458. The van der Waals surface area contributed by atoms with Gasteiger partial charge in [-0.3, -0.25) is 5.32 Å². The second kappa shape index (κ2) is 8.48. The molecule has 2 aromatic heterocycles. The van der Waals surface area contributed by atoms with E-state index in [0.29, 0.717) is 43.0 Å². The third kappa shape index (κ3) is 4.05. The van der Waals surface area contributed by atoms with E-state index in [1.54, 1.807) is 11.1 Å². The summed E-state index contributed by atoms with van der Waals surface area (Å²) >= 11 is 0. The summed E-state index contributed by atoms with van der Waals surface area (Å²) in [5.41, 5.74) is 2.09. The maximum atomic E-state index is 14.0. The van der Waals surface area contributed by atoms with Gasteiger partial charge in [0, 0.05) is 42.0 Å². The zero-order valence-electron chi connectivity index (χ0n) is 18.8. The number of nitrogens with zero attached hydrogens (tertiary/aromatic N) is 3. The summed E-state index contributed by atoms with van der Waals surface area (Å²) in [6.45, 7) is 7.27. The molecule has 1 saturated carbocycles. The van der Waals surface area contributed by atoms with Crippen LogP contribution in [0.3, 0.4) is 0 Å². The molecule has 0 bridgehead atoms. The van der Waals surface area contributed by atoms with Crippen molar-refractivity contribution in [3.63, 3.8) is 0 Å². The van der Waals surface area contributed by atoms with Crippen molar-refractivity contribution in [2.45, 2.75) is 44.9 Å². The Balaban J connectivity index is 1.71. The van der Waals surface area contributed by atoms with Crippen LogP contribution in [0.5, 0.6) is 0 Å². The molecule has 2 aliphatic heterocycles. The highest BCUT2D eigenvalue weighted by molar-refractivity contribution is 5.90. The Bertz CT molecular complexity index is 1150. The van der Waals surface area contributed by atoms with E-state index in [-0.39, 0.29) is 17.4 Å². The highest BCUT2D eigenvalue weighted by atomic mass is 19.4. The molecule has 1 aliphatic carbocycles. The van der Waals surface area contributed by atoms with E-state index in [4.69, 9.17) is 9.72 Å². The molecule has 10 heteroatoms. The molecule has 0 radical (unpaired) electrons. The number of piperazine rings is 1. The SMILES string of the molecule is C=C1CN(c2cc(C(F)(F)F)cc(-c3c(CC)cnc4c3C(C3CCC3)OC(=O)N4)n2)CCN1. The Hall–Kier alpha value is -3.30. The summed E-state index contributed by atoms with van der Waals surface area (Å²) in [6.07, 6.45) is -0.764. The molecule has 2 N–H and O–H groups in total. The number of cyclic esters (lactones) is 1. The minimum absolute atomic E-state index is 0.110. The molecule has 3 aliphatic rings. The van der Waals surface area contributed by atoms with Gasteiger partial charge in [0.1, 0.15) is 17.7 Å². The quantitative estimate of drug-likeness (QED) is 0.647. The van der Waals surface area contributed by atoms with Crippen LogP contribution in [0.15, 0.2) is 30.6 Å². The van der Waals surface area contributed by atoms with Gasteiger partial charge in [-0.25, -0.2) is 14.8 Å². The summed E-state index contributed by atoms with van der Waals surface area (Å²) < 4.78 is 47.6. The molecule has 0 aromatic carbocycles. The van der Waals surface area contributed by atoms with Crippen molar-refractivity contribution in [1.29, 1.82) is 0 Å². The van der Waals surface area contributed by atoms with Crippen molar-refractivity contribution in [2.24, 2.45) is 5.92 Å². The number of alkyl halides is 3. The number of halogens is 3. The normalized spacial score (nSPS) is 20.7. The molecule has 7 nitrogen and oxygen atoms in total. The molecule has 1 saturated heterocycles. The average molecular weight is 473 g/mol. The number of carbonyl (C=O) groups is 1. The molecule has 0 spiro atoms. The second-order valence-electron chi connectivity index (χ2n) is 8.97. The van der Waals surface area contributed by atoms with Crippen LogP contribution >= 0.6 is 0 Å². The second-order valence-corrected chi connectivity index (χ2v) is 8.97. The van der Waals surface area contributed by atoms with Gasteiger partial charge in [0.15, 0.2) is 0 Å². The number of hydrogen-bond donors (Lipinski definition) is 2. The van der Waals surface area contributed by atoms with Gasteiger partial charge in [-0.05, 0) is 37.0 Å². The molecule has 4 heterocycles. The van der Waals surface area contributed by atoms with Crippen molar-refractivity contribution >= 4 is 17.7 Å². The number of anilines is 2. The van der Waals surface area contributed by atoms with Crippen molar-refractivity contribution in [3.8, 4) is 11.3 Å². The molecular formula is C24H26F3N5O2. The van der Waals surface area contributed by atoms with Crippen LogP contribution < -0.4 is 15.5 Å². The highest BCUT2D eigenvalue weighted by Crippen LogP contribution is 2.48. The Morgan fingerprint density at radius 3 is 2.74 bits per heavy atom. The van der Waals surface area contributed by atoms with Gasteiger partial charge >= 0.3 is 12.3 Å². The zero-order valence-corrected chi connectivity index (χ0v) is 18.8. The standard InChI is InChI=1S/C24H26F3N5O2/c1-3-14-11-29-22-20(21(15-5-4-6-15)34-23(33)31-22)19(14)17-9-16(24(25,26)27)10-18(30-17)32-8-7-28-13(2)12-32/h9-11,15,21,28H,2-8,12H2,1H3,(H,29,31,33). The lowest BCUT2D eigenvalue weighted by molar-refractivity contribution is -0.137. The van der Waals surface area contributed by atoms with E-state index in [1.165, 1.54) is 0 Å². The first-order valence-corrected chi connectivity index (χ1v) is 11.5. The first-order chi connectivity index (χ1) is 16.2. The number of rotatable bonds is 4. The van der Waals surface area contributed by atoms with Crippen LogP contribution in [0.25, 0.3) is 11.3 Å². The number of pyridine rings is 2. The number of fused-ring (bicyclic) bond motifs is 1. The van der Waals surface area contributed by atoms with Crippen molar-refractivity contribution in [2.75, 3.05) is 29.9 Å². The fourth-order valence-electron chi connectivity index (χ4n) is 4.79. The van der Waals surface area contributed by atoms with E-state index in [0.717, 1.165) is 42.7 Å². The summed E-state index contributed by atoms with van der Waals surface area (Å²) in [6, 6.07) is 2.17. The molecule has 2 aromatic rings. The van der Waals surface area contributed by atoms with Gasteiger partial charge in [-0.15, -0.1) is 0 Å². The molecule has 2 fully saturated rings. The Kier molecular flexibility index (Phi) is 5.61. The van der Waals surface area contributed by atoms with E-state index in [2.05, 4.69) is 22.2 Å². The highest BCUT2D eigenvalue weighted by Gasteiger charge is 2.40. The summed E-state index contributed by atoms with van der Waals surface area (Å²) in [7, 11) is 0. The predicted molar refractivity (Wildman–Crippen MR) is 121 cm³/mol. The van der Waals surface area contributed by atoms with Crippen LogP contribution in [0.1, 0.15) is 49.0 Å². The molecule has 34 heavy (non-hydrogen) atoms. The van der Waals surface area contributed by atoms with E-state index < -0.39 is 23.9 Å². The molecule has 180 valence electrons. The number of aryl methyl sites for hydroxylation is 1. The number of amides is 1. The van der Waals surface area contributed by atoms with E-state index in [1.807, 2.05) is 6.92 Å². The van der Waals surface area contributed by atoms with Crippen LogP contribution in [-0.4, -0.2) is 35.7 Å². The number of ether oxygens (including phenoxy) is 1. The van der Waals surface area contributed by atoms with Crippen LogP contribution in [0.2, 0.25) is 0 Å². The zero-order chi connectivity index (χ0) is 24.0. The van der Waals surface area contributed by atoms with Crippen LogP contribution in [0.4, 0.5) is 29.6 Å². The molecule has 5 rings (SSSR count). The minimum Gasteiger partial charge on any atom is -0.441 e. The van der Waals surface area contributed by atoms with Gasteiger partial charge in [0.25, 0.3) is 0 Å². The number of carbonyl (C=O) groups excluding carboxylic acids is 1. The van der Waals surface area contributed by atoms with Gasteiger partial charge in [-0.2, -0.15) is 13.2 Å². The first kappa shape index (κ1) is 22.5. The lowest BCUT2D eigenvalue weighted by Crippen LogP contribution is -2.42. The van der Waals surface area contributed by atoms with E-state index in [9.17, 15) is 18.0 Å². The van der Waals surface area contributed by atoms with Crippen LogP contribution in [-0.2, 0) is 17.3 Å². The Morgan fingerprint density at radius 1 is 1.29 bits per heavy atom. The third-order valence-electron chi connectivity index (χ3n) is 6.75. The van der Waals surface area contributed by atoms with Crippen molar-refractivity contribution in [1.82, 2.24) is 15.3 Å². The third-order valence-corrected chi connectivity index (χ3v) is 6.75.